The Morgan fingerprint density at radius 1 is 1.06 bits per heavy atom. The Labute approximate surface area is 202 Å². The first-order chi connectivity index (χ1) is 16.8. The Morgan fingerprint density at radius 3 is 2.60 bits per heavy atom. The number of halogens is 1. The van der Waals surface area contributed by atoms with E-state index in [1.165, 1.54) is 23.1 Å². The molecule has 5 rings (SSSR count). The zero-order valence-corrected chi connectivity index (χ0v) is 19.8. The number of aromatic nitrogens is 1. The minimum absolute atomic E-state index is 0.123. The molecular formula is C27H22FN3O3S. The molecule has 0 bridgehead atoms. The Morgan fingerprint density at radius 2 is 1.86 bits per heavy atom. The van der Waals surface area contributed by atoms with Crippen LogP contribution in [0.4, 0.5) is 10.1 Å². The van der Waals surface area contributed by atoms with Crippen LogP contribution >= 0.6 is 0 Å². The van der Waals surface area contributed by atoms with E-state index < -0.39 is 21.7 Å². The monoisotopic (exact) mass is 487 g/mol. The Bertz CT molecular complexity index is 1620. The quantitative estimate of drug-likeness (QED) is 0.401. The lowest BCUT2D eigenvalue weighted by molar-refractivity contribution is -0.123. The standard InChI is InChI=1S/C27H22FN3O3S/c1-35(33,34)26-7-3-2-5-21(26)20-10-11-23(22(28)16-20)31-13-4-6-24(27(31)32)30-14-12-19-9-8-18(17-29)15-25(19)30/h2-3,5,7-12,14-16,24H,4,6,13H2,1H3. The van der Waals surface area contributed by atoms with Crippen molar-refractivity contribution in [3.05, 3.63) is 84.3 Å². The fourth-order valence-corrected chi connectivity index (χ4v) is 5.68. The average Bonchev–Trinajstić information content (AvgIpc) is 3.27. The van der Waals surface area contributed by atoms with Crippen LogP contribution in [0.15, 0.2) is 77.8 Å². The summed E-state index contributed by atoms with van der Waals surface area (Å²) in [6, 6.07) is 19.8. The third-order valence-corrected chi connectivity index (χ3v) is 7.59. The molecule has 1 fully saturated rings. The van der Waals surface area contributed by atoms with Crippen molar-refractivity contribution in [3.63, 3.8) is 0 Å². The minimum Gasteiger partial charge on any atom is -0.335 e. The molecule has 0 radical (unpaired) electrons. The molecule has 2 heterocycles. The highest BCUT2D eigenvalue weighted by Gasteiger charge is 2.33. The number of nitrogens with zero attached hydrogens (tertiary/aromatic N) is 3. The molecule has 176 valence electrons. The van der Waals surface area contributed by atoms with E-state index in [4.69, 9.17) is 0 Å². The summed E-state index contributed by atoms with van der Waals surface area (Å²) in [6.07, 6.45) is 4.25. The molecule has 0 aliphatic carbocycles. The molecule has 8 heteroatoms. The Balaban J connectivity index is 1.50. The van der Waals surface area contributed by atoms with Gasteiger partial charge in [0.1, 0.15) is 11.9 Å². The molecule has 6 nitrogen and oxygen atoms in total. The number of benzene rings is 3. The van der Waals surface area contributed by atoms with Gasteiger partial charge in [-0.2, -0.15) is 5.26 Å². The maximum absolute atomic E-state index is 15.4. The topological polar surface area (TPSA) is 83.2 Å². The first-order valence-electron chi connectivity index (χ1n) is 11.2. The van der Waals surface area contributed by atoms with Crippen LogP contribution in [-0.2, 0) is 14.6 Å². The van der Waals surface area contributed by atoms with Gasteiger partial charge in [0.2, 0.25) is 5.91 Å². The van der Waals surface area contributed by atoms with Crippen molar-refractivity contribution in [3.8, 4) is 17.2 Å². The summed E-state index contributed by atoms with van der Waals surface area (Å²) >= 11 is 0. The van der Waals surface area contributed by atoms with Crippen LogP contribution in [0.1, 0.15) is 24.4 Å². The van der Waals surface area contributed by atoms with Gasteiger partial charge in [0, 0.05) is 24.6 Å². The van der Waals surface area contributed by atoms with Gasteiger partial charge in [0.05, 0.1) is 27.7 Å². The molecule has 4 aromatic rings. The van der Waals surface area contributed by atoms with E-state index in [2.05, 4.69) is 6.07 Å². The number of carbonyl (C=O) groups is 1. The van der Waals surface area contributed by atoms with E-state index in [-0.39, 0.29) is 16.5 Å². The van der Waals surface area contributed by atoms with Crippen LogP contribution in [0.5, 0.6) is 0 Å². The number of fused-ring (bicyclic) bond motifs is 1. The van der Waals surface area contributed by atoms with Crippen molar-refractivity contribution in [2.45, 2.75) is 23.8 Å². The van der Waals surface area contributed by atoms with Gasteiger partial charge in [-0.15, -0.1) is 0 Å². The van der Waals surface area contributed by atoms with Crippen molar-refractivity contribution in [2.24, 2.45) is 0 Å². The second-order valence-corrected chi connectivity index (χ2v) is 10.7. The minimum atomic E-state index is -3.50. The van der Waals surface area contributed by atoms with Gasteiger partial charge in [-0.05, 0) is 60.2 Å². The summed E-state index contributed by atoms with van der Waals surface area (Å²) in [5.41, 5.74) is 2.30. The van der Waals surface area contributed by atoms with E-state index in [0.717, 1.165) is 17.2 Å². The van der Waals surface area contributed by atoms with E-state index in [9.17, 15) is 18.5 Å². The van der Waals surface area contributed by atoms with Crippen molar-refractivity contribution >= 4 is 32.3 Å². The van der Waals surface area contributed by atoms with E-state index in [0.29, 0.717) is 36.1 Å². The van der Waals surface area contributed by atoms with Crippen LogP contribution in [0.3, 0.4) is 0 Å². The Kier molecular flexibility index (Phi) is 5.65. The third-order valence-electron chi connectivity index (χ3n) is 6.43. The molecule has 1 aromatic heterocycles. The normalized spacial score (nSPS) is 16.4. The largest absolute Gasteiger partial charge is 0.335 e. The molecular weight excluding hydrogens is 465 g/mol. The molecule has 0 N–H and O–H groups in total. The molecule has 0 spiro atoms. The van der Waals surface area contributed by atoms with Crippen LogP contribution in [0.2, 0.25) is 0 Å². The maximum atomic E-state index is 15.4. The van der Waals surface area contributed by atoms with Crippen LogP contribution < -0.4 is 4.90 Å². The molecule has 35 heavy (non-hydrogen) atoms. The highest BCUT2D eigenvalue weighted by Crippen LogP contribution is 2.35. The molecule has 1 unspecified atom stereocenters. The predicted octanol–water partition coefficient (Wildman–Crippen LogP) is 5.09. The van der Waals surface area contributed by atoms with Crippen molar-refractivity contribution in [1.82, 2.24) is 4.57 Å². The average molecular weight is 488 g/mol. The number of nitriles is 1. The first-order valence-corrected chi connectivity index (χ1v) is 13.1. The number of carbonyl (C=O) groups excluding carboxylic acids is 1. The molecule has 1 aliphatic heterocycles. The summed E-state index contributed by atoms with van der Waals surface area (Å²) in [4.78, 5) is 15.1. The first kappa shape index (κ1) is 22.8. The second-order valence-electron chi connectivity index (χ2n) is 8.69. The molecule has 1 saturated heterocycles. The second kappa shape index (κ2) is 8.67. The third kappa shape index (κ3) is 4.08. The fraction of sp³-hybridized carbons (Fsp3) is 0.185. The van der Waals surface area contributed by atoms with E-state index >= 15 is 4.39 Å². The summed E-state index contributed by atoms with van der Waals surface area (Å²) in [5.74, 6) is -0.816. The fourth-order valence-electron chi connectivity index (χ4n) is 4.77. The molecule has 1 aliphatic rings. The lowest BCUT2D eigenvalue weighted by Gasteiger charge is -2.33. The Hall–Kier alpha value is -3.96. The number of rotatable bonds is 4. The van der Waals surface area contributed by atoms with Gasteiger partial charge < -0.3 is 9.47 Å². The van der Waals surface area contributed by atoms with Crippen molar-refractivity contribution in [1.29, 1.82) is 5.26 Å². The number of hydrogen-bond donors (Lipinski definition) is 0. The highest BCUT2D eigenvalue weighted by molar-refractivity contribution is 7.90. The molecule has 1 atom stereocenters. The summed E-state index contributed by atoms with van der Waals surface area (Å²) in [6.45, 7) is 0.383. The SMILES string of the molecule is CS(=O)(=O)c1ccccc1-c1ccc(N2CCCC(n3ccc4ccc(C#N)cc43)C2=O)c(F)c1. The smallest absolute Gasteiger partial charge is 0.250 e. The van der Waals surface area contributed by atoms with Gasteiger partial charge in [-0.25, -0.2) is 12.8 Å². The number of hydrogen-bond acceptors (Lipinski definition) is 4. The predicted molar refractivity (Wildman–Crippen MR) is 132 cm³/mol. The van der Waals surface area contributed by atoms with Crippen LogP contribution in [-0.4, -0.2) is 31.7 Å². The van der Waals surface area contributed by atoms with Crippen LogP contribution in [0, 0.1) is 17.1 Å². The van der Waals surface area contributed by atoms with Crippen LogP contribution in [0.25, 0.3) is 22.0 Å². The summed E-state index contributed by atoms with van der Waals surface area (Å²) < 4.78 is 41.6. The van der Waals surface area contributed by atoms with Gasteiger partial charge in [0.15, 0.2) is 9.84 Å². The van der Waals surface area contributed by atoms with Crippen molar-refractivity contribution in [2.75, 3.05) is 17.7 Å². The lowest BCUT2D eigenvalue weighted by atomic mass is 10.0. The number of piperidine rings is 1. The van der Waals surface area contributed by atoms with E-state index in [1.807, 2.05) is 22.9 Å². The zero-order chi connectivity index (χ0) is 24.7. The van der Waals surface area contributed by atoms with Gasteiger partial charge >= 0.3 is 0 Å². The molecule has 3 aromatic carbocycles. The highest BCUT2D eigenvalue weighted by atomic mass is 32.2. The maximum Gasteiger partial charge on any atom is 0.250 e. The number of amides is 1. The van der Waals surface area contributed by atoms with Gasteiger partial charge in [-0.1, -0.05) is 30.3 Å². The number of anilines is 1. The lowest BCUT2D eigenvalue weighted by Crippen LogP contribution is -2.42. The molecule has 0 saturated carbocycles. The van der Waals surface area contributed by atoms with Gasteiger partial charge in [0.25, 0.3) is 0 Å². The van der Waals surface area contributed by atoms with Gasteiger partial charge in [-0.3, -0.25) is 4.79 Å². The van der Waals surface area contributed by atoms with Crippen molar-refractivity contribution < 1.29 is 17.6 Å². The van der Waals surface area contributed by atoms with E-state index in [1.54, 1.807) is 36.4 Å². The molecule has 1 amide bonds. The summed E-state index contributed by atoms with van der Waals surface area (Å²) in [7, 11) is -3.50. The number of sulfone groups is 1. The zero-order valence-electron chi connectivity index (χ0n) is 19.0. The summed E-state index contributed by atoms with van der Waals surface area (Å²) in [5, 5.41) is 10.2.